The van der Waals surface area contributed by atoms with Crippen LogP contribution in [0, 0.1) is 5.41 Å². The van der Waals surface area contributed by atoms with E-state index in [4.69, 9.17) is 0 Å². The Hall–Kier alpha value is -4.01. The molecule has 3 rings (SSSR count). The Kier molecular flexibility index (Phi) is 7.09. The lowest BCUT2D eigenvalue weighted by Gasteiger charge is -2.33. The minimum absolute atomic E-state index is 0.0227. The maximum Gasteiger partial charge on any atom is 0.290 e. The molecule has 0 saturated carbocycles. The van der Waals surface area contributed by atoms with E-state index in [1.807, 2.05) is 51.1 Å². The Labute approximate surface area is 204 Å². The van der Waals surface area contributed by atoms with E-state index >= 15 is 0 Å². The first kappa shape index (κ1) is 25.6. The lowest BCUT2D eigenvalue weighted by Crippen LogP contribution is -2.39. The molecule has 0 radical (unpaired) electrons. The largest absolute Gasteiger partial charge is 0.505 e. The molecule has 0 aliphatic rings. The predicted octanol–water partition coefficient (Wildman–Crippen LogP) is 3.43. The minimum Gasteiger partial charge on any atom is -0.505 e. The summed E-state index contributed by atoms with van der Waals surface area (Å²) in [6.07, 6.45) is 0. The zero-order valence-electron chi connectivity index (χ0n) is 21.2. The van der Waals surface area contributed by atoms with Crippen LogP contribution in [0.2, 0.25) is 0 Å². The maximum absolute atomic E-state index is 13.4. The fourth-order valence-corrected chi connectivity index (χ4v) is 3.84. The fraction of sp³-hybridized carbons (Fsp3) is 0.346. The predicted molar refractivity (Wildman–Crippen MR) is 139 cm³/mol. The zero-order valence-corrected chi connectivity index (χ0v) is 21.2. The number of para-hydroxylation sites is 1. The molecule has 1 heterocycles. The Morgan fingerprint density at radius 2 is 1.49 bits per heavy atom. The number of rotatable bonds is 6. The summed E-state index contributed by atoms with van der Waals surface area (Å²) in [4.78, 5) is 40.5. The van der Waals surface area contributed by atoms with Gasteiger partial charge < -0.3 is 20.6 Å². The molecule has 35 heavy (non-hydrogen) atoms. The molecule has 2 aromatic carbocycles. The molecule has 9 heteroatoms. The Bertz CT molecular complexity index is 1350. The van der Waals surface area contributed by atoms with E-state index < -0.39 is 17.0 Å². The van der Waals surface area contributed by atoms with E-state index in [1.54, 1.807) is 26.2 Å². The normalized spacial score (nSPS) is 12.2. The summed E-state index contributed by atoms with van der Waals surface area (Å²) in [6.45, 7) is 6.12. The topological polar surface area (TPSA) is 109 Å². The molecule has 0 aliphatic carbocycles. The third-order valence-electron chi connectivity index (χ3n) is 5.94. The first-order valence-electron chi connectivity index (χ1n) is 11.3. The van der Waals surface area contributed by atoms with Gasteiger partial charge in [0, 0.05) is 28.2 Å². The van der Waals surface area contributed by atoms with Gasteiger partial charge in [-0.25, -0.2) is 9.36 Å². The third-order valence-corrected chi connectivity index (χ3v) is 5.94. The first-order valence-corrected chi connectivity index (χ1v) is 11.3. The molecular weight excluding hydrogens is 446 g/mol. The molecule has 0 aliphatic heterocycles. The highest BCUT2D eigenvalue weighted by Crippen LogP contribution is 2.37. The lowest BCUT2D eigenvalue weighted by molar-refractivity contribution is 0.0824. The maximum atomic E-state index is 13.4. The van der Waals surface area contributed by atoms with Gasteiger partial charge in [0.05, 0.1) is 17.3 Å². The van der Waals surface area contributed by atoms with E-state index in [1.165, 1.54) is 34.4 Å². The van der Waals surface area contributed by atoms with Gasteiger partial charge in [-0.3, -0.25) is 14.4 Å². The van der Waals surface area contributed by atoms with Gasteiger partial charge in [-0.1, -0.05) is 57.2 Å². The molecule has 186 valence electrons. The van der Waals surface area contributed by atoms with Gasteiger partial charge in [0.1, 0.15) is 11.4 Å². The van der Waals surface area contributed by atoms with Crippen molar-refractivity contribution in [3.05, 3.63) is 80.4 Å². The lowest BCUT2D eigenvalue weighted by atomic mass is 9.82. The van der Waals surface area contributed by atoms with Crippen LogP contribution in [-0.2, 0) is 14.1 Å². The molecule has 9 nitrogen and oxygen atoms in total. The number of carbonyl (C=O) groups excluding carboxylic acids is 1. The van der Waals surface area contributed by atoms with Crippen molar-refractivity contribution in [1.82, 2.24) is 14.3 Å². The van der Waals surface area contributed by atoms with Gasteiger partial charge in [-0.05, 0) is 23.1 Å². The first-order chi connectivity index (χ1) is 16.3. The fourth-order valence-electron chi connectivity index (χ4n) is 3.84. The van der Waals surface area contributed by atoms with E-state index in [9.17, 15) is 19.5 Å². The number of aromatic hydroxyl groups is 1. The van der Waals surface area contributed by atoms with Gasteiger partial charge in [-0.15, -0.1) is 0 Å². The van der Waals surface area contributed by atoms with Crippen LogP contribution >= 0.6 is 0 Å². The molecular formula is C26H33N5O4. The summed E-state index contributed by atoms with van der Waals surface area (Å²) < 4.78 is 2.42. The van der Waals surface area contributed by atoms with Crippen LogP contribution in [0.3, 0.4) is 0 Å². The average Bonchev–Trinajstić information content (AvgIpc) is 2.81. The van der Waals surface area contributed by atoms with Crippen LogP contribution in [0.5, 0.6) is 5.75 Å². The van der Waals surface area contributed by atoms with Gasteiger partial charge in [0.2, 0.25) is 0 Å². The number of aromatic nitrogens is 2. The monoisotopic (exact) mass is 479 g/mol. The molecule has 3 N–H and O–H groups in total. The van der Waals surface area contributed by atoms with Gasteiger partial charge >= 0.3 is 0 Å². The zero-order chi connectivity index (χ0) is 26.1. The molecule has 1 unspecified atom stereocenters. The standard InChI is InChI=1S/C26H33N5O4/c1-26(2,3)22(16-12-9-8-10-13-16)28-20-19(24(34)30(6)31(7)25(20)35)27-18-15-11-14-17(21(18)32)23(33)29(4)5/h8-15,22,27-28,32H,1-7H3. The highest BCUT2D eigenvalue weighted by Gasteiger charge is 2.29. The van der Waals surface area contributed by atoms with Crippen LogP contribution in [0.4, 0.5) is 17.1 Å². The molecule has 0 saturated heterocycles. The Morgan fingerprint density at radius 3 is 2.03 bits per heavy atom. The number of phenols is 1. The molecule has 1 aromatic heterocycles. The van der Waals surface area contributed by atoms with Crippen LogP contribution in [0.1, 0.15) is 42.7 Å². The molecule has 0 fully saturated rings. The number of hydrogen-bond acceptors (Lipinski definition) is 6. The smallest absolute Gasteiger partial charge is 0.290 e. The summed E-state index contributed by atoms with van der Waals surface area (Å²) in [6, 6.07) is 14.0. The van der Waals surface area contributed by atoms with E-state index in [0.717, 1.165) is 5.56 Å². The van der Waals surface area contributed by atoms with Gasteiger partial charge in [0.25, 0.3) is 17.0 Å². The van der Waals surface area contributed by atoms with Crippen molar-refractivity contribution in [2.24, 2.45) is 19.5 Å². The second-order valence-corrected chi connectivity index (χ2v) is 9.79. The quantitative estimate of drug-likeness (QED) is 0.468. The number of amides is 1. The van der Waals surface area contributed by atoms with Crippen molar-refractivity contribution in [2.45, 2.75) is 26.8 Å². The number of carbonyl (C=O) groups is 1. The van der Waals surface area contributed by atoms with Crippen molar-refractivity contribution in [2.75, 3.05) is 24.7 Å². The molecule has 1 atom stereocenters. The van der Waals surface area contributed by atoms with E-state index in [0.29, 0.717) is 0 Å². The van der Waals surface area contributed by atoms with E-state index in [2.05, 4.69) is 10.6 Å². The van der Waals surface area contributed by atoms with Crippen LogP contribution < -0.4 is 21.8 Å². The SMILES string of the molecule is CN(C)C(=O)c1cccc(Nc2c(NC(c3ccccc3)C(C)(C)C)c(=O)n(C)n(C)c2=O)c1O. The molecule has 0 bridgehead atoms. The van der Waals surface area contributed by atoms with Crippen molar-refractivity contribution in [3.63, 3.8) is 0 Å². The second kappa shape index (κ2) is 9.69. The van der Waals surface area contributed by atoms with Crippen molar-refractivity contribution in [3.8, 4) is 5.75 Å². The Balaban J connectivity index is 2.19. The number of anilines is 3. The average molecular weight is 480 g/mol. The summed E-state index contributed by atoms with van der Waals surface area (Å²) in [5, 5.41) is 17.1. The van der Waals surface area contributed by atoms with E-state index in [-0.39, 0.29) is 39.8 Å². The Morgan fingerprint density at radius 1 is 0.914 bits per heavy atom. The van der Waals surface area contributed by atoms with Crippen LogP contribution in [0.15, 0.2) is 58.1 Å². The van der Waals surface area contributed by atoms with Crippen molar-refractivity contribution >= 4 is 23.0 Å². The summed E-state index contributed by atoms with van der Waals surface area (Å²) in [5.74, 6) is -0.700. The summed E-state index contributed by atoms with van der Waals surface area (Å²) in [7, 11) is 6.16. The third kappa shape index (κ3) is 5.08. The van der Waals surface area contributed by atoms with Gasteiger partial charge in [0.15, 0.2) is 5.75 Å². The number of benzene rings is 2. The minimum atomic E-state index is -0.473. The number of nitrogens with one attached hydrogen (secondary N) is 2. The summed E-state index contributed by atoms with van der Waals surface area (Å²) in [5.41, 5.74) is 0.0120. The van der Waals surface area contributed by atoms with Crippen molar-refractivity contribution < 1.29 is 9.90 Å². The molecule has 0 spiro atoms. The van der Waals surface area contributed by atoms with Gasteiger partial charge in [-0.2, -0.15) is 0 Å². The number of nitrogens with zero attached hydrogens (tertiary/aromatic N) is 3. The highest BCUT2D eigenvalue weighted by atomic mass is 16.3. The van der Waals surface area contributed by atoms with Crippen molar-refractivity contribution in [1.29, 1.82) is 0 Å². The highest BCUT2D eigenvalue weighted by molar-refractivity contribution is 5.98. The number of phenolic OH excluding ortho intramolecular Hbond substituents is 1. The second-order valence-electron chi connectivity index (χ2n) is 9.79. The number of hydrogen-bond donors (Lipinski definition) is 3. The summed E-state index contributed by atoms with van der Waals surface area (Å²) >= 11 is 0. The van der Waals surface area contributed by atoms with Crippen LogP contribution in [-0.4, -0.2) is 39.4 Å². The van der Waals surface area contributed by atoms with Crippen LogP contribution in [0.25, 0.3) is 0 Å². The molecule has 3 aromatic rings. The molecule has 1 amide bonds.